The smallest absolute Gasteiger partial charge is 0.326 e. The van der Waals surface area contributed by atoms with Crippen molar-refractivity contribution in [1.29, 1.82) is 0 Å². The molecule has 3 aromatic rings. The van der Waals surface area contributed by atoms with E-state index in [1.807, 2.05) is 24.3 Å². The van der Waals surface area contributed by atoms with E-state index in [4.69, 9.17) is 5.73 Å². The second kappa shape index (κ2) is 4.08. The molecule has 3 N–H and O–H groups in total. The van der Waals surface area contributed by atoms with E-state index in [1.54, 1.807) is 6.20 Å². The van der Waals surface area contributed by atoms with Gasteiger partial charge >= 0.3 is 5.69 Å². The van der Waals surface area contributed by atoms with Crippen molar-refractivity contribution in [3.63, 3.8) is 0 Å². The molecular weight excluding hydrogens is 230 g/mol. The van der Waals surface area contributed by atoms with Crippen LogP contribution in [0.2, 0.25) is 0 Å². The number of hydrogen-bond acceptors (Lipinski definition) is 4. The van der Waals surface area contributed by atoms with Gasteiger partial charge in [0.2, 0.25) is 0 Å². The first kappa shape index (κ1) is 10.7. The molecule has 0 unspecified atom stereocenters. The van der Waals surface area contributed by atoms with Crippen LogP contribution in [-0.2, 0) is 6.54 Å². The highest BCUT2D eigenvalue weighted by atomic mass is 16.1. The number of H-pyrrole nitrogens is 1. The number of fused-ring (bicyclic) bond motifs is 1. The van der Waals surface area contributed by atoms with Gasteiger partial charge in [-0.1, -0.05) is 18.2 Å². The van der Waals surface area contributed by atoms with E-state index in [2.05, 4.69) is 15.1 Å². The summed E-state index contributed by atoms with van der Waals surface area (Å²) in [6.45, 7) is 0.473. The number of hydrogen-bond donors (Lipinski definition) is 2. The summed E-state index contributed by atoms with van der Waals surface area (Å²) in [5, 5.41) is 4.03. The fourth-order valence-electron chi connectivity index (χ4n) is 1.89. The molecule has 0 aliphatic carbocycles. The summed E-state index contributed by atoms with van der Waals surface area (Å²) in [5.41, 5.74) is 8.64. The molecule has 6 nitrogen and oxygen atoms in total. The third kappa shape index (κ3) is 1.59. The summed E-state index contributed by atoms with van der Waals surface area (Å²) in [4.78, 5) is 18.2. The molecule has 6 heteroatoms. The zero-order chi connectivity index (χ0) is 12.5. The lowest BCUT2D eigenvalue weighted by molar-refractivity contribution is 0.840. The van der Waals surface area contributed by atoms with Crippen molar-refractivity contribution in [3.8, 4) is 11.1 Å². The van der Waals surface area contributed by atoms with Gasteiger partial charge in [-0.15, -0.1) is 0 Å². The molecule has 0 spiro atoms. The Bertz CT molecular complexity index is 758. The molecule has 90 valence electrons. The van der Waals surface area contributed by atoms with E-state index in [0.717, 1.165) is 16.7 Å². The number of aromatic nitrogens is 4. The summed E-state index contributed by atoms with van der Waals surface area (Å²) >= 11 is 0. The number of nitrogens with one attached hydrogen (secondary N) is 1. The molecule has 3 rings (SSSR count). The molecule has 0 saturated carbocycles. The lowest BCUT2D eigenvalue weighted by atomic mass is 10.1. The largest absolute Gasteiger partial charge is 0.349 e. The van der Waals surface area contributed by atoms with Crippen LogP contribution >= 0.6 is 0 Å². The fraction of sp³-hybridized carbons (Fsp3) is 0.0833. The van der Waals surface area contributed by atoms with Gasteiger partial charge in [0, 0.05) is 12.1 Å². The standard InChI is InChI=1S/C12H11N5O/c13-5-8-2-1-3-9(4-8)10-6-16-17-11(10)14-7-15-12(17)18/h1-4,6-7H,5,13H2,(H,14,15,18). The molecule has 18 heavy (non-hydrogen) atoms. The van der Waals surface area contributed by atoms with E-state index in [9.17, 15) is 4.79 Å². The summed E-state index contributed by atoms with van der Waals surface area (Å²) in [5.74, 6) is 0. The average Bonchev–Trinajstić information content (AvgIpc) is 2.84. The molecule has 0 saturated heterocycles. The van der Waals surface area contributed by atoms with Crippen LogP contribution in [-0.4, -0.2) is 19.6 Å². The lowest BCUT2D eigenvalue weighted by Crippen LogP contribution is -2.17. The van der Waals surface area contributed by atoms with Crippen LogP contribution in [0.15, 0.2) is 41.6 Å². The molecular formula is C12H11N5O. The van der Waals surface area contributed by atoms with Crippen molar-refractivity contribution in [2.75, 3.05) is 0 Å². The highest BCUT2D eigenvalue weighted by molar-refractivity contribution is 5.76. The molecule has 1 aromatic carbocycles. The second-order valence-electron chi connectivity index (χ2n) is 3.91. The SMILES string of the molecule is NCc1cccc(-c2cnn3c(=O)[nH]cnc23)c1. The normalized spacial score (nSPS) is 10.9. The van der Waals surface area contributed by atoms with E-state index in [0.29, 0.717) is 12.2 Å². The molecule has 0 atom stereocenters. The summed E-state index contributed by atoms with van der Waals surface area (Å²) < 4.78 is 1.24. The molecule has 2 heterocycles. The maximum atomic E-state index is 11.5. The van der Waals surface area contributed by atoms with Crippen molar-refractivity contribution in [2.24, 2.45) is 5.73 Å². The van der Waals surface area contributed by atoms with Crippen LogP contribution in [0.1, 0.15) is 5.56 Å². The van der Waals surface area contributed by atoms with Gasteiger partial charge in [0.25, 0.3) is 0 Å². The monoisotopic (exact) mass is 241 g/mol. The van der Waals surface area contributed by atoms with Crippen molar-refractivity contribution in [1.82, 2.24) is 19.6 Å². The quantitative estimate of drug-likeness (QED) is 0.685. The van der Waals surface area contributed by atoms with E-state index in [1.165, 1.54) is 10.8 Å². The van der Waals surface area contributed by atoms with Gasteiger partial charge in [0.1, 0.15) is 0 Å². The molecule has 0 amide bonds. The van der Waals surface area contributed by atoms with Gasteiger partial charge in [-0.3, -0.25) is 4.98 Å². The first-order valence-corrected chi connectivity index (χ1v) is 5.50. The van der Waals surface area contributed by atoms with E-state index in [-0.39, 0.29) is 5.69 Å². The first-order valence-electron chi connectivity index (χ1n) is 5.50. The Kier molecular flexibility index (Phi) is 2.42. The average molecular weight is 241 g/mol. The maximum Gasteiger partial charge on any atom is 0.349 e. The lowest BCUT2D eigenvalue weighted by Gasteiger charge is -2.01. The van der Waals surface area contributed by atoms with Gasteiger partial charge in [0.05, 0.1) is 12.5 Å². The molecule has 0 aliphatic rings. The van der Waals surface area contributed by atoms with Crippen LogP contribution in [0, 0.1) is 0 Å². The van der Waals surface area contributed by atoms with Crippen molar-refractivity contribution < 1.29 is 0 Å². The minimum Gasteiger partial charge on any atom is -0.326 e. The van der Waals surface area contributed by atoms with Gasteiger partial charge in [-0.2, -0.15) is 9.61 Å². The molecule has 0 fully saturated rings. The third-order valence-corrected chi connectivity index (χ3v) is 2.78. The Morgan fingerprint density at radius 1 is 1.39 bits per heavy atom. The van der Waals surface area contributed by atoms with Crippen LogP contribution in [0.3, 0.4) is 0 Å². The Balaban J connectivity index is 2.25. The summed E-state index contributed by atoms with van der Waals surface area (Å²) in [7, 11) is 0. The van der Waals surface area contributed by atoms with Crippen LogP contribution in [0.5, 0.6) is 0 Å². The third-order valence-electron chi connectivity index (χ3n) is 2.78. The van der Waals surface area contributed by atoms with Gasteiger partial charge < -0.3 is 5.73 Å². The van der Waals surface area contributed by atoms with Crippen molar-refractivity contribution in [3.05, 3.63) is 52.8 Å². The van der Waals surface area contributed by atoms with Gasteiger partial charge in [-0.25, -0.2) is 9.78 Å². The van der Waals surface area contributed by atoms with Crippen LogP contribution in [0.4, 0.5) is 0 Å². The predicted octanol–water partition coefficient (Wildman–Crippen LogP) is 0.543. The summed E-state index contributed by atoms with van der Waals surface area (Å²) in [6.07, 6.45) is 3.00. The van der Waals surface area contributed by atoms with Gasteiger partial charge in [-0.05, 0) is 17.2 Å². The van der Waals surface area contributed by atoms with Crippen LogP contribution < -0.4 is 11.4 Å². The number of nitrogens with two attached hydrogens (primary N) is 1. The van der Waals surface area contributed by atoms with E-state index >= 15 is 0 Å². The number of nitrogens with zero attached hydrogens (tertiary/aromatic N) is 3. The Hall–Kier alpha value is -2.47. The maximum absolute atomic E-state index is 11.5. The van der Waals surface area contributed by atoms with Crippen LogP contribution in [0.25, 0.3) is 16.8 Å². The highest BCUT2D eigenvalue weighted by Crippen LogP contribution is 2.22. The van der Waals surface area contributed by atoms with Crippen molar-refractivity contribution in [2.45, 2.75) is 6.54 Å². The Labute approximate surface area is 102 Å². The fourth-order valence-corrected chi connectivity index (χ4v) is 1.89. The Morgan fingerprint density at radius 2 is 2.28 bits per heavy atom. The first-order chi connectivity index (χ1) is 8.79. The topological polar surface area (TPSA) is 89.1 Å². The van der Waals surface area contributed by atoms with Crippen molar-refractivity contribution >= 4 is 5.65 Å². The Morgan fingerprint density at radius 3 is 3.11 bits per heavy atom. The summed E-state index contributed by atoms with van der Waals surface area (Å²) in [6, 6.07) is 7.79. The minimum atomic E-state index is -0.304. The number of rotatable bonds is 2. The zero-order valence-corrected chi connectivity index (χ0v) is 9.50. The second-order valence-corrected chi connectivity index (χ2v) is 3.91. The molecule has 0 aliphatic heterocycles. The molecule has 2 aromatic heterocycles. The highest BCUT2D eigenvalue weighted by Gasteiger charge is 2.09. The number of benzene rings is 1. The predicted molar refractivity (Wildman–Crippen MR) is 66.9 cm³/mol. The molecule has 0 bridgehead atoms. The molecule has 0 radical (unpaired) electrons. The van der Waals surface area contributed by atoms with E-state index < -0.39 is 0 Å². The minimum absolute atomic E-state index is 0.304. The number of aromatic amines is 1. The zero-order valence-electron chi connectivity index (χ0n) is 9.50. The van der Waals surface area contributed by atoms with Gasteiger partial charge in [0.15, 0.2) is 5.65 Å².